The van der Waals surface area contributed by atoms with Gasteiger partial charge in [0.05, 0.1) is 5.25 Å². The molecule has 0 saturated heterocycles. The average molecular weight is 333 g/mol. The molecule has 1 aromatic carbocycles. The van der Waals surface area contributed by atoms with Crippen molar-refractivity contribution in [3.63, 3.8) is 0 Å². The molecule has 0 aliphatic rings. The molecule has 1 aromatic heterocycles. The van der Waals surface area contributed by atoms with Crippen LogP contribution in [0.1, 0.15) is 33.3 Å². The van der Waals surface area contributed by atoms with Crippen LogP contribution in [0.15, 0.2) is 35.5 Å². The van der Waals surface area contributed by atoms with E-state index >= 15 is 0 Å². The van der Waals surface area contributed by atoms with E-state index in [4.69, 9.17) is 0 Å². The maximum absolute atomic E-state index is 13.0. The second kappa shape index (κ2) is 7.12. The van der Waals surface area contributed by atoms with Crippen molar-refractivity contribution in [1.29, 1.82) is 0 Å². The number of amides is 1. The Balaban J connectivity index is 2.15. The summed E-state index contributed by atoms with van der Waals surface area (Å²) in [7, 11) is 1.77. The maximum Gasteiger partial charge on any atom is 0.236 e. The Kier molecular flexibility index (Phi) is 5.41. The molecule has 0 radical (unpaired) electrons. The SMILES string of the molecule is C[C@H](Sc1nnnn1C)C(=O)N(Cc1ccccc1)C(C)(C)C. The summed E-state index contributed by atoms with van der Waals surface area (Å²) in [6, 6.07) is 10.0. The van der Waals surface area contributed by atoms with Crippen molar-refractivity contribution in [1.82, 2.24) is 25.1 Å². The quantitative estimate of drug-likeness (QED) is 0.787. The number of tetrazole rings is 1. The number of carbonyl (C=O) groups is 1. The van der Waals surface area contributed by atoms with Crippen LogP contribution in [0.5, 0.6) is 0 Å². The summed E-state index contributed by atoms with van der Waals surface area (Å²) in [4.78, 5) is 14.9. The molecular formula is C16H23N5OS. The molecule has 0 bridgehead atoms. The number of hydrogen-bond donors (Lipinski definition) is 0. The summed E-state index contributed by atoms with van der Waals surface area (Å²) < 4.78 is 1.58. The van der Waals surface area contributed by atoms with E-state index in [1.807, 2.05) is 42.2 Å². The molecule has 23 heavy (non-hydrogen) atoms. The van der Waals surface area contributed by atoms with Gasteiger partial charge in [-0.15, -0.1) is 5.10 Å². The highest BCUT2D eigenvalue weighted by molar-refractivity contribution is 8.00. The lowest BCUT2D eigenvalue weighted by molar-refractivity contribution is -0.135. The van der Waals surface area contributed by atoms with Gasteiger partial charge in [0.1, 0.15) is 0 Å². The van der Waals surface area contributed by atoms with Crippen LogP contribution in [-0.2, 0) is 18.4 Å². The first-order chi connectivity index (χ1) is 10.8. The lowest BCUT2D eigenvalue weighted by Gasteiger charge is -2.37. The number of nitrogens with zero attached hydrogens (tertiary/aromatic N) is 5. The highest BCUT2D eigenvalue weighted by atomic mass is 32.2. The molecule has 2 aromatic rings. The Hall–Kier alpha value is -1.89. The molecule has 0 spiro atoms. The number of aryl methyl sites for hydroxylation is 1. The van der Waals surface area contributed by atoms with Crippen LogP contribution >= 0.6 is 11.8 Å². The Labute approximate surface area is 141 Å². The van der Waals surface area contributed by atoms with Crippen LogP contribution in [0.2, 0.25) is 0 Å². The molecule has 7 heteroatoms. The fourth-order valence-electron chi connectivity index (χ4n) is 2.16. The molecule has 0 fully saturated rings. The monoisotopic (exact) mass is 333 g/mol. The summed E-state index contributed by atoms with van der Waals surface area (Å²) in [6.45, 7) is 8.63. The van der Waals surface area contributed by atoms with Crippen molar-refractivity contribution < 1.29 is 4.79 Å². The van der Waals surface area contributed by atoms with Gasteiger partial charge >= 0.3 is 0 Å². The molecular weight excluding hydrogens is 310 g/mol. The van der Waals surface area contributed by atoms with Gasteiger partial charge in [0.25, 0.3) is 0 Å². The summed E-state index contributed by atoms with van der Waals surface area (Å²) in [6.07, 6.45) is 0. The van der Waals surface area contributed by atoms with Crippen LogP contribution in [0.25, 0.3) is 0 Å². The Bertz CT molecular complexity index is 650. The van der Waals surface area contributed by atoms with E-state index in [1.165, 1.54) is 11.8 Å². The molecule has 0 unspecified atom stereocenters. The van der Waals surface area contributed by atoms with E-state index in [0.29, 0.717) is 11.7 Å². The fraction of sp³-hybridized carbons (Fsp3) is 0.500. The van der Waals surface area contributed by atoms with Gasteiger partial charge in [-0.05, 0) is 43.7 Å². The average Bonchev–Trinajstić information content (AvgIpc) is 2.89. The van der Waals surface area contributed by atoms with Gasteiger partial charge in [-0.1, -0.05) is 42.1 Å². The number of aromatic nitrogens is 4. The fourth-order valence-corrected chi connectivity index (χ4v) is 2.98. The summed E-state index contributed by atoms with van der Waals surface area (Å²) in [5, 5.41) is 11.7. The highest BCUT2D eigenvalue weighted by Crippen LogP contribution is 2.26. The largest absolute Gasteiger partial charge is 0.333 e. The summed E-state index contributed by atoms with van der Waals surface area (Å²) in [5.41, 5.74) is 0.855. The molecule has 1 amide bonds. The van der Waals surface area contributed by atoms with E-state index in [-0.39, 0.29) is 16.7 Å². The first kappa shape index (κ1) is 17.5. The minimum atomic E-state index is -0.264. The number of benzene rings is 1. The first-order valence-electron chi connectivity index (χ1n) is 7.53. The Morgan fingerprint density at radius 1 is 1.30 bits per heavy atom. The zero-order valence-corrected chi connectivity index (χ0v) is 15.0. The molecule has 1 atom stereocenters. The van der Waals surface area contributed by atoms with E-state index in [0.717, 1.165) is 5.56 Å². The molecule has 0 aliphatic carbocycles. The van der Waals surface area contributed by atoms with Crippen LogP contribution < -0.4 is 0 Å². The smallest absolute Gasteiger partial charge is 0.236 e. The molecule has 6 nitrogen and oxygen atoms in total. The normalized spacial score (nSPS) is 12.9. The van der Waals surface area contributed by atoms with Crippen molar-refractivity contribution in [2.24, 2.45) is 7.05 Å². The maximum atomic E-state index is 13.0. The van der Waals surface area contributed by atoms with E-state index < -0.39 is 0 Å². The van der Waals surface area contributed by atoms with Crippen molar-refractivity contribution in [3.05, 3.63) is 35.9 Å². The molecule has 0 saturated carbocycles. The van der Waals surface area contributed by atoms with E-state index in [1.54, 1.807) is 11.7 Å². The second-order valence-corrected chi connectivity index (χ2v) is 7.73. The minimum absolute atomic E-state index is 0.0781. The van der Waals surface area contributed by atoms with Crippen LogP contribution in [0, 0.1) is 0 Å². The standard InChI is InChI=1S/C16H23N5OS/c1-12(23-15-17-18-19-20(15)5)14(22)21(16(2,3)4)11-13-9-7-6-8-10-13/h6-10,12H,11H2,1-5H3/t12-/m0/s1. The van der Waals surface area contributed by atoms with Crippen molar-refractivity contribution in [2.45, 2.75) is 50.2 Å². The zero-order chi connectivity index (χ0) is 17.0. The minimum Gasteiger partial charge on any atom is -0.333 e. The van der Waals surface area contributed by atoms with Gasteiger partial charge in [0.15, 0.2) is 0 Å². The third-order valence-electron chi connectivity index (χ3n) is 3.47. The van der Waals surface area contributed by atoms with Crippen LogP contribution in [0.3, 0.4) is 0 Å². The molecule has 124 valence electrons. The topological polar surface area (TPSA) is 63.9 Å². The van der Waals surface area contributed by atoms with Gasteiger partial charge < -0.3 is 4.90 Å². The summed E-state index contributed by atoms with van der Waals surface area (Å²) in [5.74, 6) is 0.0781. The van der Waals surface area contributed by atoms with Gasteiger partial charge in [-0.2, -0.15) is 0 Å². The molecule has 2 rings (SSSR count). The Morgan fingerprint density at radius 2 is 1.96 bits per heavy atom. The third kappa shape index (κ3) is 4.54. The van der Waals surface area contributed by atoms with Crippen molar-refractivity contribution in [3.8, 4) is 0 Å². The van der Waals surface area contributed by atoms with Gasteiger partial charge in [0.2, 0.25) is 11.1 Å². The predicted molar refractivity (Wildman–Crippen MR) is 90.9 cm³/mol. The lowest BCUT2D eigenvalue weighted by Crippen LogP contribution is -2.48. The number of hydrogen-bond acceptors (Lipinski definition) is 5. The molecule has 0 aliphatic heterocycles. The van der Waals surface area contributed by atoms with Crippen molar-refractivity contribution >= 4 is 17.7 Å². The van der Waals surface area contributed by atoms with Crippen LogP contribution in [-0.4, -0.2) is 41.8 Å². The predicted octanol–water partition coefficient (Wildman–Crippen LogP) is 2.52. The Morgan fingerprint density at radius 3 is 2.48 bits per heavy atom. The summed E-state index contributed by atoms with van der Waals surface area (Å²) >= 11 is 1.38. The number of carbonyl (C=O) groups excluding carboxylic acids is 1. The molecule has 1 heterocycles. The lowest BCUT2D eigenvalue weighted by atomic mass is 10.0. The first-order valence-corrected chi connectivity index (χ1v) is 8.41. The van der Waals surface area contributed by atoms with Crippen LogP contribution in [0.4, 0.5) is 0 Å². The van der Waals surface area contributed by atoms with Gasteiger partial charge in [-0.25, -0.2) is 4.68 Å². The van der Waals surface area contributed by atoms with E-state index in [9.17, 15) is 4.79 Å². The second-order valence-electron chi connectivity index (χ2n) is 6.43. The zero-order valence-electron chi connectivity index (χ0n) is 14.2. The van der Waals surface area contributed by atoms with Gasteiger partial charge in [-0.3, -0.25) is 4.79 Å². The number of thioether (sulfide) groups is 1. The van der Waals surface area contributed by atoms with E-state index in [2.05, 4.69) is 36.3 Å². The van der Waals surface area contributed by atoms with Gasteiger partial charge in [0, 0.05) is 19.1 Å². The highest BCUT2D eigenvalue weighted by Gasteiger charge is 2.31. The number of rotatable bonds is 5. The van der Waals surface area contributed by atoms with Crippen molar-refractivity contribution in [2.75, 3.05) is 0 Å². The third-order valence-corrected chi connectivity index (χ3v) is 4.58. The molecule has 0 N–H and O–H groups in total.